The lowest BCUT2D eigenvalue weighted by Gasteiger charge is -2.32. The van der Waals surface area contributed by atoms with Crippen LogP contribution >= 0.6 is 0 Å². The van der Waals surface area contributed by atoms with E-state index in [0.717, 1.165) is 11.3 Å². The fourth-order valence-electron chi connectivity index (χ4n) is 2.25. The molecule has 2 aliphatic heterocycles. The highest BCUT2D eigenvalue weighted by molar-refractivity contribution is 6.16. The molecule has 18 heavy (non-hydrogen) atoms. The molecule has 1 aromatic carbocycles. The lowest BCUT2D eigenvalue weighted by molar-refractivity contribution is -0.138. The molecule has 1 atom stereocenters. The molecule has 2 aliphatic rings. The van der Waals surface area contributed by atoms with Gasteiger partial charge in [-0.25, -0.2) is 4.79 Å². The first kappa shape index (κ1) is 10.8. The van der Waals surface area contributed by atoms with Crippen molar-refractivity contribution in [2.45, 2.75) is 5.54 Å². The predicted molar refractivity (Wildman–Crippen MR) is 69.8 cm³/mol. The number of fused-ring (bicyclic) bond motifs is 1. The number of amidine groups is 1. The zero-order valence-electron chi connectivity index (χ0n) is 9.68. The van der Waals surface area contributed by atoms with Gasteiger partial charge in [0.25, 0.3) is 0 Å². The number of nitrogens with one attached hydrogen (secondary N) is 2. The Hall–Kier alpha value is -2.30. The Balaban J connectivity index is 2.07. The number of nitrogens with zero attached hydrogens (tertiary/aromatic N) is 1. The second-order valence-corrected chi connectivity index (χ2v) is 4.32. The molecule has 0 amide bonds. The number of anilines is 1. The monoisotopic (exact) mass is 243 g/mol. The van der Waals surface area contributed by atoms with Crippen LogP contribution in [0.5, 0.6) is 0 Å². The summed E-state index contributed by atoms with van der Waals surface area (Å²) in [6.45, 7) is 1.29. The van der Waals surface area contributed by atoms with Gasteiger partial charge in [-0.15, -0.1) is 0 Å². The third-order valence-electron chi connectivity index (χ3n) is 3.19. The number of rotatable bonds is 2. The summed E-state index contributed by atoms with van der Waals surface area (Å²) in [6.07, 6.45) is 3.47. The molecule has 1 unspecified atom stereocenters. The number of carbonyl (C=O) groups is 1. The molecule has 0 saturated carbocycles. The lowest BCUT2D eigenvalue weighted by Crippen LogP contribution is -2.56. The second kappa shape index (κ2) is 3.87. The fourth-order valence-corrected chi connectivity index (χ4v) is 2.25. The van der Waals surface area contributed by atoms with E-state index in [4.69, 9.17) is 0 Å². The van der Waals surface area contributed by atoms with Crippen molar-refractivity contribution in [1.29, 1.82) is 0 Å². The molecule has 92 valence electrons. The molecule has 0 aliphatic carbocycles. The Morgan fingerprint density at radius 3 is 2.94 bits per heavy atom. The van der Waals surface area contributed by atoms with E-state index >= 15 is 0 Å². The Morgan fingerprint density at radius 1 is 1.39 bits per heavy atom. The number of aliphatic carboxylic acids is 1. The maximum Gasteiger partial charge on any atom is 0.341 e. The van der Waals surface area contributed by atoms with Crippen LogP contribution in [0.25, 0.3) is 6.08 Å². The lowest BCUT2D eigenvalue weighted by atomic mass is 9.91. The standard InChI is InChI=1S/C13H13N3O2/c17-12(18)13(11-14-7-8-15-11)6-5-9-3-1-2-4-10(9)16-13/h1-6,16H,7-8H2,(H,14,15)(H,17,18). The zero-order chi connectivity index (χ0) is 12.6. The molecule has 3 N–H and O–H groups in total. The van der Waals surface area contributed by atoms with E-state index in [1.165, 1.54) is 0 Å². The number of hydrogen-bond acceptors (Lipinski definition) is 4. The molecule has 1 aromatic rings. The third-order valence-corrected chi connectivity index (χ3v) is 3.19. The minimum Gasteiger partial charge on any atom is -0.479 e. The molecule has 5 nitrogen and oxygen atoms in total. The smallest absolute Gasteiger partial charge is 0.341 e. The van der Waals surface area contributed by atoms with Crippen LogP contribution in [0.4, 0.5) is 5.69 Å². The quantitative estimate of drug-likeness (QED) is 0.723. The predicted octanol–water partition coefficient (Wildman–Crippen LogP) is 0.950. The van der Waals surface area contributed by atoms with Gasteiger partial charge in [-0.1, -0.05) is 24.3 Å². The van der Waals surface area contributed by atoms with Crippen molar-refractivity contribution in [1.82, 2.24) is 5.32 Å². The summed E-state index contributed by atoms with van der Waals surface area (Å²) in [5.74, 6) is -0.484. The van der Waals surface area contributed by atoms with E-state index in [0.29, 0.717) is 18.9 Å². The molecule has 0 radical (unpaired) electrons. The molecule has 0 saturated heterocycles. The van der Waals surface area contributed by atoms with Crippen LogP contribution in [0.1, 0.15) is 5.56 Å². The van der Waals surface area contributed by atoms with Gasteiger partial charge in [0.15, 0.2) is 0 Å². The third kappa shape index (κ3) is 1.48. The van der Waals surface area contributed by atoms with Crippen molar-refractivity contribution in [2.75, 3.05) is 18.4 Å². The number of aliphatic imine (C=N–C) groups is 1. The number of carboxylic acids is 1. The molecule has 0 spiro atoms. The highest BCUT2D eigenvalue weighted by atomic mass is 16.4. The first-order chi connectivity index (χ1) is 8.72. The van der Waals surface area contributed by atoms with Crippen molar-refractivity contribution in [3.63, 3.8) is 0 Å². The molecule has 2 heterocycles. The van der Waals surface area contributed by atoms with E-state index in [2.05, 4.69) is 15.6 Å². The Morgan fingerprint density at radius 2 is 2.22 bits per heavy atom. The minimum absolute atomic E-state index is 0.473. The van der Waals surface area contributed by atoms with Gasteiger partial charge < -0.3 is 15.7 Å². The van der Waals surface area contributed by atoms with Crippen LogP contribution in [0.15, 0.2) is 35.3 Å². The molecular formula is C13H13N3O2. The average Bonchev–Trinajstić information content (AvgIpc) is 2.92. The van der Waals surface area contributed by atoms with Crippen LogP contribution in [0.3, 0.4) is 0 Å². The molecule has 5 heteroatoms. The first-order valence-corrected chi connectivity index (χ1v) is 5.81. The maximum atomic E-state index is 11.6. The Bertz CT molecular complexity index is 565. The normalized spacial score (nSPS) is 24.8. The average molecular weight is 243 g/mol. The van der Waals surface area contributed by atoms with Crippen LogP contribution in [0, 0.1) is 0 Å². The molecular weight excluding hydrogens is 230 g/mol. The zero-order valence-corrected chi connectivity index (χ0v) is 9.68. The van der Waals surface area contributed by atoms with E-state index in [9.17, 15) is 9.90 Å². The Labute approximate surface area is 104 Å². The van der Waals surface area contributed by atoms with Gasteiger partial charge in [0, 0.05) is 12.2 Å². The minimum atomic E-state index is -1.27. The summed E-state index contributed by atoms with van der Waals surface area (Å²) < 4.78 is 0. The largest absolute Gasteiger partial charge is 0.479 e. The maximum absolute atomic E-state index is 11.6. The van der Waals surface area contributed by atoms with Crippen LogP contribution in [0.2, 0.25) is 0 Å². The summed E-state index contributed by atoms with van der Waals surface area (Å²) in [5, 5.41) is 15.6. The Kier molecular flexibility index (Phi) is 2.33. The van der Waals surface area contributed by atoms with Gasteiger partial charge in [-0.3, -0.25) is 4.99 Å². The van der Waals surface area contributed by atoms with Crippen molar-refractivity contribution in [3.05, 3.63) is 35.9 Å². The van der Waals surface area contributed by atoms with Crippen molar-refractivity contribution in [2.24, 2.45) is 4.99 Å². The highest BCUT2D eigenvalue weighted by Crippen LogP contribution is 2.29. The summed E-state index contributed by atoms with van der Waals surface area (Å²) in [7, 11) is 0. The van der Waals surface area contributed by atoms with Crippen LogP contribution < -0.4 is 10.6 Å². The summed E-state index contributed by atoms with van der Waals surface area (Å²) in [4.78, 5) is 15.9. The highest BCUT2D eigenvalue weighted by Gasteiger charge is 2.44. The SMILES string of the molecule is O=C(O)C1(C2=NCCN2)C=Cc2ccccc2N1. The van der Waals surface area contributed by atoms with Crippen molar-refractivity contribution in [3.8, 4) is 0 Å². The summed E-state index contributed by atoms with van der Waals surface area (Å²) in [6, 6.07) is 7.60. The number of benzene rings is 1. The molecule has 0 fully saturated rings. The number of hydrogen-bond donors (Lipinski definition) is 3. The topological polar surface area (TPSA) is 73.7 Å². The fraction of sp³-hybridized carbons (Fsp3) is 0.231. The van der Waals surface area contributed by atoms with E-state index in [-0.39, 0.29) is 0 Å². The van der Waals surface area contributed by atoms with Gasteiger partial charge in [-0.2, -0.15) is 0 Å². The van der Waals surface area contributed by atoms with Crippen molar-refractivity contribution >= 4 is 23.6 Å². The van der Waals surface area contributed by atoms with Crippen molar-refractivity contribution < 1.29 is 9.90 Å². The van der Waals surface area contributed by atoms with Gasteiger partial charge in [-0.05, 0) is 17.7 Å². The van der Waals surface area contributed by atoms with E-state index < -0.39 is 11.5 Å². The molecule has 3 rings (SSSR count). The number of carboxylic acid groups (broad SMARTS) is 1. The van der Waals surface area contributed by atoms with Gasteiger partial charge in [0.2, 0.25) is 5.54 Å². The summed E-state index contributed by atoms with van der Waals surface area (Å²) in [5.41, 5.74) is 0.511. The van der Waals surface area contributed by atoms with E-state index in [1.807, 2.05) is 30.3 Å². The molecule has 0 aromatic heterocycles. The van der Waals surface area contributed by atoms with Gasteiger partial charge in [0.05, 0.1) is 6.54 Å². The van der Waals surface area contributed by atoms with Crippen LogP contribution in [-0.4, -0.2) is 35.5 Å². The van der Waals surface area contributed by atoms with Crippen LogP contribution in [-0.2, 0) is 4.79 Å². The van der Waals surface area contributed by atoms with Gasteiger partial charge >= 0.3 is 5.97 Å². The second-order valence-electron chi connectivity index (χ2n) is 4.32. The van der Waals surface area contributed by atoms with E-state index in [1.54, 1.807) is 6.08 Å². The summed E-state index contributed by atoms with van der Waals surface area (Å²) >= 11 is 0. The van der Waals surface area contributed by atoms with Gasteiger partial charge in [0.1, 0.15) is 5.84 Å². The first-order valence-electron chi connectivity index (χ1n) is 5.81. The molecule has 0 bridgehead atoms. The number of para-hydroxylation sites is 1.